The lowest BCUT2D eigenvalue weighted by molar-refractivity contribution is -0.300. The number of aromatic nitrogens is 1. The Hall–Kier alpha value is -4.12. The molecule has 1 fully saturated rings. The first-order valence-corrected chi connectivity index (χ1v) is 11.4. The van der Waals surface area contributed by atoms with Crippen molar-refractivity contribution in [2.75, 3.05) is 7.11 Å². The lowest BCUT2D eigenvalue weighted by Crippen LogP contribution is -2.43. The van der Waals surface area contributed by atoms with Gasteiger partial charge in [0.2, 0.25) is 0 Å². The highest BCUT2D eigenvalue weighted by Crippen LogP contribution is 2.53. The van der Waals surface area contributed by atoms with Gasteiger partial charge in [0.15, 0.2) is 5.75 Å². The summed E-state index contributed by atoms with van der Waals surface area (Å²) < 4.78 is 16.1. The van der Waals surface area contributed by atoms with E-state index >= 15 is 0 Å². The molecule has 8 nitrogen and oxygen atoms in total. The summed E-state index contributed by atoms with van der Waals surface area (Å²) in [5, 5.41) is 4.85. The first-order valence-electron chi connectivity index (χ1n) is 11.4. The van der Waals surface area contributed by atoms with E-state index in [0.717, 1.165) is 29.2 Å². The van der Waals surface area contributed by atoms with Crippen LogP contribution in [0.3, 0.4) is 0 Å². The van der Waals surface area contributed by atoms with E-state index in [1.54, 1.807) is 0 Å². The van der Waals surface area contributed by atoms with Gasteiger partial charge in [-0.1, -0.05) is 42.5 Å². The highest BCUT2D eigenvalue weighted by molar-refractivity contribution is 5.97. The van der Waals surface area contributed by atoms with Gasteiger partial charge in [0.05, 0.1) is 7.11 Å². The number of amides is 1. The van der Waals surface area contributed by atoms with E-state index in [0.29, 0.717) is 0 Å². The molecule has 0 aliphatic heterocycles. The van der Waals surface area contributed by atoms with Crippen molar-refractivity contribution < 1.29 is 33.6 Å². The summed E-state index contributed by atoms with van der Waals surface area (Å²) >= 11 is 0. The number of fused-ring (bicyclic) bond motifs is 1. The van der Waals surface area contributed by atoms with Gasteiger partial charge in [-0.05, 0) is 48.0 Å². The zero-order valence-electron chi connectivity index (χ0n) is 20.1. The molecule has 1 heterocycles. The third kappa shape index (κ3) is 4.76. The Morgan fingerprint density at radius 3 is 2.49 bits per heavy atom. The van der Waals surface area contributed by atoms with Crippen molar-refractivity contribution in [3.8, 4) is 11.5 Å². The van der Waals surface area contributed by atoms with Gasteiger partial charge in [-0.3, -0.25) is 9.59 Å². The van der Waals surface area contributed by atoms with E-state index in [9.17, 15) is 14.4 Å². The molecular weight excluding hydrogens is 448 g/mol. The summed E-state index contributed by atoms with van der Waals surface area (Å²) in [6.07, 6.45) is 3.95. The van der Waals surface area contributed by atoms with Crippen molar-refractivity contribution >= 4 is 28.6 Å². The average molecular weight is 476 g/mol. The molecule has 35 heavy (non-hydrogen) atoms. The van der Waals surface area contributed by atoms with Crippen molar-refractivity contribution in [3.05, 3.63) is 66.0 Å². The fourth-order valence-electron chi connectivity index (χ4n) is 4.34. The van der Waals surface area contributed by atoms with Crippen LogP contribution in [0.4, 0.5) is 0 Å². The van der Waals surface area contributed by atoms with Crippen LogP contribution in [0, 0.1) is 6.20 Å². The standard InChI is InChI=1S/C27H26N2O6/c1-16(29-25(31)23-24(35-18(3)30)22(33-4)12-15-28-23)26(32)34-17(2)27(13-14-27)21-11-7-9-19-8-5-6-10-20(19)21/h5-12,16-17H,13-14H2,1-4H3/p+1/t16-,17-/m0/s1. The summed E-state index contributed by atoms with van der Waals surface area (Å²) in [6, 6.07) is 14.7. The number of esters is 2. The number of carbonyl (C=O) groups is 3. The lowest BCUT2D eigenvalue weighted by atomic mass is 9.87. The fraction of sp³-hybridized carbons (Fsp3) is 0.333. The monoisotopic (exact) mass is 475 g/mol. The molecule has 0 unspecified atom stereocenters. The topological polar surface area (TPSA) is 105 Å². The molecule has 0 spiro atoms. The number of methoxy groups -OCH3 is 1. The van der Waals surface area contributed by atoms with Crippen LogP contribution in [0.5, 0.6) is 11.5 Å². The van der Waals surface area contributed by atoms with Crippen LogP contribution in [0.15, 0.2) is 48.5 Å². The Kier molecular flexibility index (Phi) is 6.61. The molecule has 180 valence electrons. The van der Waals surface area contributed by atoms with Gasteiger partial charge in [0.1, 0.15) is 18.2 Å². The predicted octanol–water partition coefficient (Wildman–Crippen LogP) is 2.96. The van der Waals surface area contributed by atoms with Crippen LogP contribution in [-0.4, -0.2) is 37.1 Å². The molecule has 1 aromatic heterocycles. The van der Waals surface area contributed by atoms with Gasteiger partial charge in [-0.25, -0.2) is 4.79 Å². The van der Waals surface area contributed by atoms with Crippen molar-refractivity contribution in [2.45, 2.75) is 51.2 Å². The highest BCUT2D eigenvalue weighted by atomic mass is 16.6. The summed E-state index contributed by atoms with van der Waals surface area (Å²) in [4.78, 5) is 41.1. The van der Waals surface area contributed by atoms with Crippen molar-refractivity contribution in [1.29, 1.82) is 0 Å². The van der Waals surface area contributed by atoms with Crippen LogP contribution >= 0.6 is 0 Å². The number of benzene rings is 2. The van der Waals surface area contributed by atoms with E-state index in [1.165, 1.54) is 27.0 Å². The molecule has 0 radical (unpaired) electrons. The molecule has 2 aromatic carbocycles. The van der Waals surface area contributed by atoms with Crippen molar-refractivity contribution in [1.82, 2.24) is 5.32 Å². The zero-order valence-corrected chi connectivity index (χ0v) is 20.1. The molecular formula is C27H27N2O6+. The molecule has 8 heteroatoms. The number of carbonyl (C=O) groups excluding carboxylic acids is 3. The van der Waals surface area contributed by atoms with Crippen LogP contribution in [0.25, 0.3) is 10.8 Å². The van der Waals surface area contributed by atoms with E-state index in [1.807, 2.05) is 25.1 Å². The Balaban J connectivity index is 1.47. The average Bonchev–Trinajstić information content (AvgIpc) is 3.65. The van der Waals surface area contributed by atoms with Crippen LogP contribution in [0.1, 0.15) is 49.7 Å². The van der Waals surface area contributed by atoms with E-state index in [4.69, 9.17) is 14.2 Å². The van der Waals surface area contributed by atoms with E-state index < -0.39 is 23.9 Å². The Morgan fingerprint density at radius 1 is 1.09 bits per heavy atom. The minimum absolute atomic E-state index is 0.120. The van der Waals surface area contributed by atoms with Gasteiger partial charge < -0.3 is 19.5 Å². The van der Waals surface area contributed by atoms with Crippen molar-refractivity contribution in [3.63, 3.8) is 0 Å². The fourth-order valence-corrected chi connectivity index (χ4v) is 4.34. The lowest BCUT2D eigenvalue weighted by Gasteiger charge is -2.26. The van der Waals surface area contributed by atoms with E-state index in [2.05, 4.69) is 40.8 Å². The van der Waals surface area contributed by atoms with Gasteiger partial charge in [-0.2, -0.15) is 0 Å². The Morgan fingerprint density at radius 2 is 1.80 bits per heavy atom. The number of nitrogens with one attached hydrogen (secondary N) is 1. The molecule has 1 N–H and O–H groups in total. The minimum Gasteiger partial charge on any atom is -0.492 e. The number of hydrogen-bond donors (Lipinski definition) is 1. The SMILES string of the molecule is COc1cc#[n+]c(C(=O)N[C@@H](C)C(=O)O[C@@H](C)C2(c3cccc4ccccc34)CC2)c1OC(C)=O. The summed E-state index contributed by atoms with van der Waals surface area (Å²) in [6.45, 7) is 4.61. The summed E-state index contributed by atoms with van der Waals surface area (Å²) in [5.74, 6) is -1.95. The maximum Gasteiger partial charge on any atom is 0.450 e. The molecule has 3 aromatic rings. The second kappa shape index (κ2) is 9.63. The number of ether oxygens (including phenoxy) is 3. The van der Waals surface area contributed by atoms with Gasteiger partial charge in [0.25, 0.3) is 5.75 Å². The van der Waals surface area contributed by atoms with Crippen LogP contribution < -0.4 is 19.8 Å². The maximum atomic E-state index is 12.9. The molecule has 1 aliphatic carbocycles. The second-order valence-electron chi connectivity index (χ2n) is 8.68. The third-order valence-corrected chi connectivity index (χ3v) is 6.38. The molecule has 1 aliphatic rings. The molecule has 0 bridgehead atoms. The van der Waals surface area contributed by atoms with Gasteiger partial charge >= 0.3 is 29.7 Å². The normalized spacial score (nSPS) is 15.3. The predicted molar refractivity (Wildman–Crippen MR) is 126 cm³/mol. The molecule has 1 saturated carbocycles. The van der Waals surface area contributed by atoms with Gasteiger partial charge in [-0.15, -0.1) is 0 Å². The second-order valence-corrected chi connectivity index (χ2v) is 8.68. The highest BCUT2D eigenvalue weighted by Gasteiger charge is 2.51. The first-order chi connectivity index (χ1) is 16.8. The molecule has 4 rings (SSSR count). The number of hydrogen-bond acceptors (Lipinski definition) is 6. The number of rotatable bonds is 8. The van der Waals surface area contributed by atoms with E-state index in [-0.39, 0.29) is 28.7 Å². The maximum absolute atomic E-state index is 12.9. The van der Waals surface area contributed by atoms with Crippen LogP contribution in [0.2, 0.25) is 0 Å². The molecule has 0 saturated heterocycles. The first kappa shape index (κ1) is 24.0. The quantitative estimate of drug-likeness (QED) is 0.500. The van der Waals surface area contributed by atoms with Crippen molar-refractivity contribution in [2.24, 2.45) is 0 Å². The smallest absolute Gasteiger partial charge is 0.450 e. The van der Waals surface area contributed by atoms with Crippen LogP contribution in [-0.2, 0) is 19.7 Å². The molecule has 1 amide bonds. The summed E-state index contributed by atoms with van der Waals surface area (Å²) in [5.41, 5.74) is 0.683. The number of nitrogens with zero attached hydrogens (tertiary/aromatic N) is 1. The molecule has 2 atom stereocenters. The van der Waals surface area contributed by atoms with Gasteiger partial charge in [0, 0.05) is 12.3 Å². The minimum atomic E-state index is -0.966. The Labute approximate surface area is 203 Å². The Bertz CT molecular complexity index is 1280. The summed E-state index contributed by atoms with van der Waals surface area (Å²) in [7, 11) is 1.36. The largest absolute Gasteiger partial charge is 0.492 e. The third-order valence-electron chi connectivity index (χ3n) is 6.38. The zero-order chi connectivity index (χ0) is 25.2.